The van der Waals surface area contributed by atoms with Crippen LogP contribution >= 0.6 is 23.2 Å². The van der Waals surface area contributed by atoms with E-state index in [2.05, 4.69) is 4.90 Å². The Morgan fingerprint density at radius 2 is 1.80 bits per heavy atom. The van der Waals surface area contributed by atoms with Crippen LogP contribution in [0.4, 0.5) is 0 Å². The van der Waals surface area contributed by atoms with Gasteiger partial charge in [0.15, 0.2) is 0 Å². The summed E-state index contributed by atoms with van der Waals surface area (Å²) < 4.78 is 26.6. The fourth-order valence-electron chi connectivity index (χ4n) is 2.09. The van der Waals surface area contributed by atoms with E-state index in [0.29, 0.717) is 26.2 Å². The van der Waals surface area contributed by atoms with Crippen LogP contribution in [-0.2, 0) is 16.6 Å². The van der Waals surface area contributed by atoms with Crippen LogP contribution in [0.15, 0.2) is 17.0 Å². The van der Waals surface area contributed by atoms with E-state index >= 15 is 0 Å². The molecule has 1 saturated heterocycles. The van der Waals surface area contributed by atoms with Crippen molar-refractivity contribution in [3.05, 3.63) is 27.7 Å². The van der Waals surface area contributed by atoms with Crippen molar-refractivity contribution in [3.8, 4) is 0 Å². The highest BCUT2D eigenvalue weighted by Crippen LogP contribution is 2.32. The first-order chi connectivity index (χ1) is 9.37. The summed E-state index contributed by atoms with van der Waals surface area (Å²) in [5.74, 6) is 0. The summed E-state index contributed by atoms with van der Waals surface area (Å²) in [5.41, 5.74) is 0.239. The van der Waals surface area contributed by atoms with Crippen molar-refractivity contribution in [2.45, 2.75) is 11.5 Å². The minimum atomic E-state index is -3.66. The topological polar surface area (TPSA) is 60.9 Å². The fourth-order valence-corrected chi connectivity index (χ4v) is 4.38. The molecule has 1 heterocycles. The van der Waals surface area contributed by atoms with Gasteiger partial charge in [-0.1, -0.05) is 23.2 Å². The Bertz CT molecular complexity index is 599. The van der Waals surface area contributed by atoms with Crippen LogP contribution in [0, 0.1) is 0 Å². The van der Waals surface area contributed by atoms with Gasteiger partial charge in [-0.15, -0.1) is 0 Å². The number of aliphatic hydroxyl groups is 1. The Kier molecular flexibility index (Phi) is 4.94. The molecular weight excluding hydrogens is 323 g/mol. The predicted molar refractivity (Wildman–Crippen MR) is 78.6 cm³/mol. The molecule has 0 amide bonds. The van der Waals surface area contributed by atoms with Gasteiger partial charge in [0.2, 0.25) is 10.0 Å². The first-order valence-corrected chi connectivity index (χ1v) is 8.34. The lowest BCUT2D eigenvalue weighted by molar-refractivity contribution is 0.222. The van der Waals surface area contributed by atoms with Gasteiger partial charge in [-0.3, -0.25) is 0 Å². The molecule has 5 nitrogen and oxygen atoms in total. The Morgan fingerprint density at radius 3 is 2.35 bits per heavy atom. The van der Waals surface area contributed by atoms with E-state index in [1.807, 2.05) is 7.05 Å². The molecular formula is C12H16Cl2N2O3S. The molecule has 0 aliphatic carbocycles. The van der Waals surface area contributed by atoms with Gasteiger partial charge < -0.3 is 10.0 Å². The maximum absolute atomic E-state index is 12.6. The normalized spacial score (nSPS) is 18.4. The molecule has 0 atom stereocenters. The summed E-state index contributed by atoms with van der Waals surface area (Å²) >= 11 is 12.0. The first-order valence-electron chi connectivity index (χ1n) is 6.14. The van der Waals surface area contributed by atoms with E-state index in [-0.39, 0.29) is 20.5 Å². The van der Waals surface area contributed by atoms with Crippen LogP contribution in [0.1, 0.15) is 5.56 Å². The van der Waals surface area contributed by atoms with Gasteiger partial charge in [0.25, 0.3) is 0 Å². The average molecular weight is 339 g/mol. The third kappa shape index (κ3) is 2.95. The zero-order valence-corrected chi connectivity index (χ0v) is 13.3. The Balaban J connectivity index is 2.40. The molecule has 0 bridgehead atoms. The summed E-state index contributed by atoms with van der Waals surface area (Å²) in [6, 6.07) is 2.83. The summed E-state index contributed by atoms with van der Waals surface area (Å²) in [4.78, 5) is 2.06. The van der Waals surface area contributed by atoms with Crippen molar-refractivity contribution in [3.63, 3.8) is 0 Å². The van der Waals surface area contributed by atoms with E-state index < -0.39 is 16.6 Å². The minimum absolute atomic E-state index is 0.000993. The Morgan fingerprint density at radius 1 is 1.20 bits per heavy atom. The fraction of sp³-hybridized carbons (Fsp3) is 0.500. The summed E-state index contributed by atoms with van der Waals surface area (Å²) in [7, 11) is -1.71. The van der Waals surface area contributed by atoms with Gasteiger partial charge in [0, 0.05) is 36.8 Å². The van der Waals surface area contributed by atoms with Crippen LogP contribution < -0.4 is 0 Å². The smallest absolute Gasteiger partial charge is 0.244 e. The van der Waals surface area contributed by atoms with E-state index in [4.69, 9.17) is 23.2 Å². The Hall–Kier alpha value is -0.370. The van der Waals surface area contributed by atoms with Gasteiger partial charge in [0.1, 0.15) is 4.90 Å². The van der Waals surface area contributed by atoms with Crippen LogP contribution in [0.2, 0.25) is 10.0 Å². The molecule has 8 heteroatoms. The van der Waals surface area contributed by atoms with Crippen molar-refractivity contribution < 1.29 is 13.5 Å². The van der Waals surface area contributed by atoms with E-state index in [0.717, 1.165) is 0 Å². The number of hydrogen-bond donors (Lipinski definition) is 1. The highest BCUT2D eigenvalue weighted by Gasteiger charge is 2.30. The minimum Gasteiger partial charge on any atom is -0.392 e. The molecule has 1 aromatic rings. The quantitative estimate of drug-likeness (QED) is 0.905. The van der Waals surface area contributed by atoms with Gasteiger partial charge in [-0.05, 0) is 19.2 Å². The molecule has 0 spiro atoms. The molecule has 1 fully saturated rings. The van der Waals surface area contributed by atoms with Crippen molar-refractivity contribution in [2.24, 2.45) is 0 Å². The molecule has 0 radical (unpaired) electrons. The van der Waals surface area contributed by atoms with Gasteiger partial charge in [-0.2, -0.15) is 4.31 Å². The van der Waals surface area contributed by atoms with Gasteiger partial charge in [-0.25, -0.2) is 8.42 Å². The monoisotopic (exact) mass is 338 g/mol. The Labute approximate surface area is 128 Å². The van der Waals surface area contributed by atoms with Gasteiger partial charge >= 0.3 is 0 Å². The second-order valence-electron chi connectivity index (χ2n) is 4.70. The summed E-state index contributed by atoms with van der Waals surface area (Å²) in [5, 5.41) is 9.51. The van der Waals surface area contributed by atoms with Crippen LogP contribution in [0.25, 0.3) is 0 Å². The highest BCUT2D eigenvalue weighted by molar-refractivity contribution is 7.89. The van der Waals surface area contributed by atoms with Crippen molar-refractivity contribution in [1.29, 1.82) is 0 Å². The number of benzene rings is 1. The first kappa shape index (κ1) is 16.0. The zero-order chi connectivity index (χ0) is 14.9. The molecule has 1 aliphatic rings. The largest absolute Gasteiger partial charge is 0.392 e. The number of sulfonamides is 1. The average Bonchev–Trinajstić information content (AvgIpc) is 2.39. The number of halogens is 2. The molecule has 0 aromatic heterocycles. The second-order valence-corrected chi connectivity index (χ2v) is 7.40. The van der Waals surface area contributed by atoms with E-state index in [1.165, 1.54) is 16.4 Å². The number of nitrogens with zero attached hydrogens (tertiary/aromatic N) is 2. The third-order valence-corrected chi connectivity index (χ3v) is 6.23. The zero-order valence-electron chi connectivity index (χ0n) is 11.0. The number of likely N-dealkylation sites (N-methyl/N-ethyl adjacent to an activating group) is 1. The maximum atomic E-state index is 12.6. The molecule has 1 aromatic carbocycles. The lowest BCUT2D eigenvalue weighted by atomic mass is 10.2. The molecule has 112 valence electrons. The standard InChI is InChI=1S/C12H16Cl2N2O3S/c1-15-4-6-16(7-5-15)20(18,19)11-3-2-10(13)9(8-17)12(11)14/h2-3,17H,4-8H2,1H3. The summed E-state index contributed by atoms with van der Waals surface area (Å²) in [6.07, 6.45) is 0. The number of rotatable bonds is 3. The van der Waals surface area contributed by atoms with Crippen molar-refractivity contribution >= 4 is 33.2 Å². The molecule has 0 saturated carbocycles. The molecule has 20 heavy (non-hydrogen) atoms. The van der Waals surface area contributed by atoms with E-state index in [9.17, 15) is 13.5 Å². The second kappa shape index (κ2) is 6.17. The molecule has 1 aliphatic heterocycles. The van der Waals surface area contributed by atoms with Crippen molar-refractivity contribution in [1.82, 2.24) is 9.21 Å². The van der Waals surface area contributed by atoms with Crippen LogP contribution in [0.3, 0.4) is 0 Å². The van der Waals surface area contributed by atoms with E-state index in [1.54, 1.807) is 0 Å². The molecule has 1 N–H and O–H groups in total. The molecule has 0 unspecified atom stereocenters. The number of piperazine rings is 1. The maximum Gasteiger partial charge on any atom is 0.244 e. The van der Waals surface area contributed by atoms with Crippen LogP contribution in [-0.4, -0.2) is 56.0 Å². The summed E-state index contributed by atoms with van der Waals surface area (Å²) in [6.45, 7) is 1.80. The SMILES string of the molecule is CN1CCN(S(=O)(=O)c2ccc(Cl)c(CO)c2Cl)CC1. The van der Waals surface area contributed by atoms with Crippen molar-refractivity contribution in [2.75, 3.05) is 33.2 Å². The lowest BCUT2D eigenvalue weighted by Crippen LogP contribution is -2.47. The van der Waals surface area contributed by atoms with Crippen LogP contribution in [0.5, 0.6) is 0 Å². The van der Waals surface area contributed by atoms with Gasteiger partial charge in [0.05, 0.1) is 11.6 Å². The number of hydrogen-bond acceptors (Lipinski definition) is 4. The predicted octanol–water partition coefficient (Wildman–Crippen LogP) is 1.42. The lowest BCUT2D eigenvalue weighted by Gasteiger charge is -2.31. The molecule has 2 rings (SSSR count). The third-order valence-electron chi connectivity index (χ3n) is 3.39. The number of aliphatic hydroxyl groups excluding tert-OH is 1. The highest BCUT2D eigenvalue weighted by atomic mass is 35.5.